The standard InChI is InChI=1S/C22H24F3N3O3/c1-2-16-3-5-17(6-4-16)7-10-21(29)27-13-11-26(12-14-27)19-9-8-18(22(23,24)25)15-20(19)28(30)31/h3-6,8-9,15H,2,7,10-14H2,1H3. The fraction of sp³-hybridized carbons (Fsp3) is 0.409. The summed E-state index contributed by atoms with van der Waals surface area (Å²) in [6, 6.07) is 10.7. The highest BCUT2D eigenvalue weighted by molar-refractivity contribution is 5.77. The minimum Gasteiger partial charge on any atom is -0.362 e. The summed E-state index contributed by atoms with van der Waals surface area (Å²) >= 11 is 0. The predicted octanol–water partition coefficient (Wildman–Crippen LogP) is 4.46. The molecular weight excluding hydrogens is 411 g/mol. The zero-order valence-corrected chi connectivity index (χ0v) is 17.2. The molecule has 3 rings (SSSR count). The van der Waals surface area contributed by atoms with Crippen LogP contribution in [-0.4, -0.2) is 41.9 Å². The minimum atomic E-state index is -4.65. The van der Waals surface area contributed by atoms with Crippen LogP contribution in [0, 0.1) is 10.1 Å². The molecule has 1 fully saturated rings. The van der Waals surface area contributed by atoms with Crippen molar-refractivity contribution >= 4 is 17.3 Å². The molecule has 0 unspecified atom stereocenters. The number of halogens is 3. The van der Waals surface area contributed by atoms with Crippen LogP contribution in [0.4, 0.5) is 24.5 Å². The summed E-state index contributed by atoms with van der Waals surface area (Å²) in [6.07, 6.45) is -2.69. The summed E-state index contributed by atoms with van der Waals surface area (Å²) in [5, 5.41) is 11.3. The molecule has 1 heterocycles. The van der Waals surface area contributed by atoms with Crippen molar-refractivity contribution in [2.45, 2.75) is 32.4 Å². The van der Waals surface area contributed by atoms with Crippen LogP contribution < -0.4 is 4.90 Å². The minimum absolute atomic E-state index is 0.00105. The maximum atomic E-state index is 12.9. The topological polar surface area (TPSA) is 66.7 Å². The van der Waals surface area contributed by atoms with Crippen LogP contribution in [0.1, 0.15) is 30.0 Å². The highest BCUT2D eigenvalue weighted by atomic mass is 19.4. The Hall–Kier alpha value is -3.10. The summed E-state index contributed by atoms with van der Waals surface area (Å²) in [5.74, 6) is 0.00105. The van der Waals surface area contributed by atoms with E-state index in [1.165, 1.54) is 5.56 Å². The van der Waals surface area contributed by atoms with Gasteiger partial charge in [0.15, 0.2) is 0 Å². The van der Waals surface area contributed by atoms with Gasteiger partial charge in [-0.3, -0.25) is 14.9 Å². The van der Waals surface area contributed by atoms with E-state index < -0.39 is 22.4 Å². The Kier molecular flexibility index (Phi) is 6.82. The molecule has 1 saturated heterocycles. The molecule has 0 radical (unpaired) electrons. The second-order valence-electron chi connectivity index (χ2n) is 7.50. The van der Waals surface area contributed by atoms with Crippen LogP contribution >= 0.6 is 0 Å². The van der Waals surface area contributed by atoms with Gasteiger partial charge < -0.3 is 9.80 Å². The molecule has 2 aromatic carbocycles. The van der Waals surface area contributed by atoms with Crippen molar-refractivity contribution in [3.63, 3.8) is 0 Å². The smallest absolute Gasteiger partial charge is 0.362 e. The molecule has 0 bridgehead atoms. The highest BCUT2D eigenvalue weighted by Gasteiger charge is 2.34. The molecule has 2 aromatic rings. The van der Waals surface area contributed by atoms with Crippen LogP contribution in [0.3, 0.4) is 0 Å². The zero-order valence-electron chi connectivity index (χ0n) is 17.2. The first-order valence-electron chi connectivity index (χ1n) is 10.1. The van der Waals surface area contributed by atoms with E-state index in [1.54, 1.807) is 9.80 Å². The van der Waals surface area contributed by atoms with Gasteiger partial charge in [0.05, 0.1) is 10.5 Å². The number of benzene rings is 2. The van der Waals surface area contributed by atoms with E-state index in [-0.39, 0.29) is 11.6 Å². The Bertz CT molecular complexity index is 937. The van der Waals surface area contributed by atoms with Gasteiger partial charge in [-0.15, -0.1) is 0 Å². The number of carbonyl (C=O) groups excluding carboxylic acids is 1. The van der Waals surface area contributed by atoms with Crippen molar-refractivity contribution in [2.75, 3.05) is 31.1 Å². The highest BCUT2D eigenvalue weighted by Crippen LogP contribution is 2.36. The number of piperazine rings is 1. The Balaban J connectivity index is 1.59. The maximum Gasteiger partial charge on any atom is 0.416 e. The van der Waals surface area contributed by atoms with E-state index in [2.05, 4.69) is 19.1 Å². The van der Waals surface area contributed by atoms with Crippen LogP contribution in [0.5, 0.6) is 0 Å². The molecule has 0 N–H and O–H groups in total. The quantitative estimate of drug-likeness (QED) is 0.497. The number of aryl methyl sites for hydroxylation is 2. The normalized spacial score (nSPS) is 14.6. The number of hydrogen-bond acceptors (Lipinski definition) is 4. The number of nitrogens with zero attached hydrogens (tertiary/aromatic N) is 3. The second kappa shape index (κ2) is 9.36. The fourth-order valence-electron chi connectivity index (χ4n) is 3.66. The van der Waals surface area contributed by atoms with E-state index in [0.29, 0.717) is 45.1 Å². The number of hydrogen-bond donors (Lipinski definition) is 0. The molecule has 0 spiro atoms. The summed E-state index contributed by atoms with van der Waals surface area (Å²) in [7, 11) is 0. The molecule has 0 saturated carbocycles. The van der Waals surface area contributed by atoms with E-state index in [1.807, 2.05) is 12.1 Å². The number of rotatable bonds is 6. The maximum absolute atomic E-state index is 12.9. The first kappa shape index (κ1) is 22.6. The van der Waals surface area contributed by atoms with Gasteiger partial charge in [-0.05, 0) is 36.1 Å². The first-order chi connectivity index (χ1) is 14.7. The molecule has 0 aromatic heterocycles. The molecule has 0 atom stereocenters. The summed E-state index contributed by atoms with van der Waals surface area (Å²) in [4.78, 5) is 26.4. The van der Waals surface area contributed by atoms with E-state index >= 15 is 0 Å². The lowest BCUT2D eigenvalue weighted by atomic mass is 10.1. The van der Waals surface area contributed by atoms with E-state index in [4.69, 9.17) is 0 Å². The van der Waals surface area contributed by atoms with Gasteiger partial charge in [0, 0.05) is 38.7 Å². The fourth-order valence-corrected chi connectivity index (χ4v) is 3.66. The predicted molar refractivity (Wildman–Crippen MR) is 111 cm³/mol. The van der Waals surface area contributed by atoms with Crippen LogP contribution in [-0.2, 0) is 23.8 Å². The third-order valence-electron chi connectivity index (χ3n) is 5.53. The largest absolute Gasteiger partial charge is 0.416 e. The monoisotopic (exact) mass is 435 g/mol. The van der Waals surface area contributed by atoms with Crippen LogP contribution in [0.15, 0.2) is 42.5 Å². The van der Waals surface area contributed by atoms with Crippen LogP contribution in [0.25, 0.3) is 0 Å². The van der Waals surface area contributed by atoms with Crippen molar-refractivity contribution in [2.24, 2.45) is 0 Å². The van der Waals surface area contributed by atoms with Crippen molar-refractivity contribution in [1.29, 1.82) is 0 Å². The third-order valence-corrected chi connectivity index (χ3v) is 5.53. The average molecular weight is 435 g/mol. The molecule has 166 valence electrons. The average Bonchev–Trinajstić information content (AvgIpc) is 2.77. The SMILES string of the molecule is CCc1ccc(CCC(=O)N2CCN(c3ccc(C(F)(F)F)cc3[N+](=O)[O-])CC2)cc1. The Labute approximate surface area is 178 Å². The van der Waals surface area contributed by atoms with Gasteiger partial charge in [0.25, 0.3) is 5.69 Å². The molecule has 0 aliphatic carbocycles. The van der Waals surface area contributed by atoms with Gasteiger partial charge in [0.1, 0.15) is 5.69 Å². The summed E-state index contributed by atoms with van der Waals surface area (Å²) in [5.41, 5.74) is 0.836. The third kappa shape index (κ3) is 5.53. The van der Waals surface area contributed by atoms with Gasteiger partial charge in [-0.25, -0.2) is 0 Å². The van der Waals surface area contributed by atoms with Crippen molar-refractivity contribution < 1.29 is 22.9 Å². The molecule has 9 heteroatoms. The van der Waals surface area contributed by atoms with Crippen molar-refractivity contribution in [3.8, 4) is 0 Å². The molecule has 1 aliphatic rings. The molecular formula is C22H24F3N3O3. The van der Waals surface area contributed by atoms with Crippen molar-refractivity contribution in [3.05, 3.63) is 69.3 Å². The number of nitro groups is 1. The number of alkyl halides is 3. The van der Waals surface area contributed by atoms with Gasteiger partial charge in [0.2, 0.25) is 5.91 Å². The Morgan fingerprint density at radius 3 is 2.19 bits per heavy atom. The zero-order chi connectivity index (χ0) is 22.6. The van der Waals surface area contributed by atoms with E-state index in [9.17, 15) is 28.1 Å². The molecule has 1 amide bonds. The number of nitro benzene ring substituents is 1. The van der Waals surface area contributed by atoms with Crippen LogP contribution in [0.2, 0.25) is 0 Å². The van der Waals surface area contributed by atoms with Gasteiger partial charge >= 0.3 is 6.18 Å². The number of amides is 1. The summed E-state index contributed by atoms with van der Waals surface area (Å²) in [6.45, 7) is 3.46. The number of carbonyl (C=O) groups is 1. The molecule has 31 heavy (non-hydrogen) atoms. The number of anilines is 1. The Morgan fingerprint density at radius 2 is 1.65 bits per heavy atom. The molecule has 6 nitrogen and oxygen atoms in total. The lowest BCUT2D eigenvalue weighted by molar-refractivity contribution is -0.384. The molecule has 1 aliphatic heterocycles. The lowest BCUT2D eigenvalue weighted by Gasteiger charge is -2.36. The Morgan fingerprint density at radius 1 is 1.03 bits per heavy atom. The lowest BCUT2D eigenvalue weighted by Crippen LogP contribution is -2.49. The van der Waals surface area contributed by atoms with Gasteiger partial charge in [-0.2, -0.15) is 13.2 Å². The van der Waals surface area contributed by atoms with Gasteiger partial charge in [-0.1, -0.05) is 31.2 Å². The van der Waals surface area contributed by atoms with Crippen molar-refractivity contribution in [1.82, 2.24) is 4.90 Å². The van der Waals surface area contributed by atoms with E-state index in [0.717, 1.165) is 24.1 Å². The second-order valence-corrected chi connectivity index (χ2v) is 7.50. The summed E-state index contributed by atoms with van der Waals surface area (Å²) < 4.78 is 38.7. The first-order valence-corrected chi connectivity index (χ1v) is 10.1.